The van der Waals surface area contributed by atoms with E-state index in [1.807, 2.05) is 11.5 Å². The average molecular weight is 422 g/mol. The Morgan fingerprint density at radius 1 is 1.52 bits per heavy atom. The van der Waals surface area contributed by atoms with Crippen LogP contribution in [0.2, 0.25) is 0 Å². The summed E-state index contributed by atoms with van der Waals surface area (Å²) in [5, 5.41) is 3.46. The van der Waals surface area contributed by atoms with E-state index in [-0.39, 0.29) is 22.6 Å². The molecule has 0 radical (unpaired) electrons. The largest absolute Gasteiger partial charge is 0.491 e. The maximum absolute atomic E-state index is 12.5. The van der Waals surface area contributed by atoms with E-state index in [2.05, 4.69) is 44.1 Å². The van der Waals surface area contributed by atoms with Crippen LogP contribution >= 0.6 is 31.9 Å². The summed E-state index contributed by atoms with van der Waals surface area (Å²) in [7, 11) is 1.42. The molecule has 1 aromatic heterocycles. The van der Waals surface area contributed by atoms with E-state index < -0.39 is 0 Å². The van der Waals surface area contributed by atoms with Gasteiger partial charge in [0.15, 0.2) is 11.4 Å². The van der Waals surface area contributed by atoms with Crippen molar-refractivity contribution in [3.05, 3.63) is 26.1 Å². The van der Waals surface area contributed by atoms with Crippen LogP contribution in [0.3, 0.4) is 0 Å². The highest BCUT2D eigenvalue weighted by Gasteiger charge is 2.39. The Bertz CT molecular complexity index is 642. The van der Waals surface area contributed by atoms with E-state index in [0.29, 0.717) is 22.0 Å². The van der Waals surface area contributed by atoms with Gasteiger partial charge in [-0.3, -0.25) is 9.59 Å². The van der Waals surface area contributed by atoms with Gasteiger partial charge in [0.05, 0.1) is 17.1 Å². The molecule has 1 aliphatic heterocycles. The number of nitrogens with zero attached hydrogens (tertiary/aromatic N) is 1. The van der Waals surface area contributed by atoms with E-state index in [1.54, 1.807) is 0 Å². The zero-order valence-electron chi connectivity index (χ0n) is 12.3. The molecule has 0 saturated carbocycles. The fourth-order valence-electron chi connectivity index (χ4n) is 2.75. The minimum atomic E-state index is -0.283. The molecule has 21 heavy (non-hydrogen) atoms. The van der Waals surface area contributed by atoms with Crippen molar-refractivity contribution in [1.82, 2.24) is 9.88 Å². The second kappa shape index (κ2) is 6.12. The molecular formula is C14H18Br2N2O3. The first-order chi connectivity index (χ1) is 9.91. The van der Waals surface area contributed by atoms with Crippen LogP contribution in [-0.2, 0) is 12.0 Å². The lowest BCUT2D eigenvalue weighted by Crippen LogP contribution is -2.37. The number of carbonyl (C=O) groups is 1. The third-order valence-electron chi connectivity index (χ3n) is 3.85. The molecule has 7 heteroatoms. The Kier molecular flexibility index (Phi) is 4.82. The van der Waals surface area contributed by atoms with E-state index >= 15 is 0 Å². The number of pyridine rings is 1. The first-order valence-corrected chi connectivity index (χ1v) is 8.68. The van der Waals surface area contributed by atoms with E-state index in [4.69, 9.17) is 4.74 Å². The summed E-state index contributed by atoms with van der Waals surface area (Å²) >= 11 is 6.89. The molecule has 0 aromatic carbocycles. The van der Waals surface area contributed by atoms with Gasteiger partial charge in [-0.15, -0.1) is 0 Å². The molecule has 1 atom stereocenters. The lowest BCUT2D eigenvalue weighted by molar-refractivity contribution is 0.0935. The predicted octanol–water partition coefficient (Wildman–Crippen LogP) is 2.43. The molecule has 0 fully saturated rings. The number of aromatic nitrogens is 1. The van der Waals surface area contributed by atoms with Crippen molar-refractivity contribution in [2.75, 3.05) is 19.0 Å². The Morgan fingerprint density at radius 3 is 2.71 bits per heavy atom. The second-order valence-electron chi connectivity index (χ2n) is 5.30. The molecule has 1 aromatic rings. The van der Waals surface area contributed by atoms with Crippen LogP contribution in [0.25, 0.3) is 0 Å². The van der Waals surface area contributed by atoms with E-state index in [9.17, 15) is 9.59 Å². The normalized spacial score (nSPS) is 20.2. The average Bonchev–Trinajstić information content (AvgIpc) is 2.81. The number of nitrogens with one attached hydrogen (secondary N) is 1. The number of fused-ring (bicyclic) bond motifs is 1. The standard InChI is InChI=1S/C14H18Br2N2O3/c1-4-17-13(20)10-12(21-3)11(19)9(16)8-5-6-14(2,7-15)18(8)10/h4-7H2,1-3H3,(H,17,20). The molecule has 2 heterocycles. The van der Waals surface area contributed by atoms with Gasteiger partial charge in [-0.05, 0) is 42.6 Å². The van der Waals surface area contributed by atoms with Gasteiger partial charge in [-0.2, -0.15) is 0 Å². The number of hydrogen-bond acceptors (Lipinski definition) is 3. The van der Waals surface area contributed by atoms with E-state index in [0.717, 1.165) is 18.5 Å². The quantitative estimate of drug-likeness (QED) is 0.759. The molecular weight excluding hydrogens is 404 g/mol. The molecule has 5 nitrogen and oxygen atoms in total. The number of halogens is 2. The zero-order valence-corrected chi connectivity index (χ0v) is 15.4. The van der Waals surface area contributed by atoms with Gasteiger partial charge in [0.1, 0.15) is 0 Å². The summed E-state index contributed by atoms with van der Waals surface area (Å²) in [5.41, 5.74) is 0.619. The van der Waals surface area contributed by atoms with E-state index in [1.165, 1.54) is 7.11 Å². The molecule has 0 aliphatic carbocycles. The Hall–Kier alpha value is -0.820. The molecule has 1 amide bonds. The minimum Gasteiger partial charge on any atom is -0.491 e. The van der Waals surface area contributed by atoms with Crippen molar-refractivity contribution in [3.8, 4) is 5.75 Å². The summed E-state index contributed by atoms with van der Waals surface area (Å²) in [6.07, 6.45) is 1.60. The summed E-state index contributed by atoms with van der Waals surface area (Å²) in [4.78, 5) is 24.9. The molecule has 116 valence electrons. The van der Waals surface area contributed by atoms with Crippen molar-refractivity contribution in [1.29, 1.82) is 0 Å². The predicted molar refractivity (Wildman–Crippen MR) is 88.7 cm³/mol. The summed E-state index contributed by atoms with van der Waals surface area (Å²) in [6.45, 7) is 4.40. The fraction of sp³-hybridized carbons (Fsp3) is 0.571. The van der Waals surface area contributed by atoms with Crippen LogP contribution in [0.4, 0.5) is 0 Å². The summed E-state index contributed by atoms with van der Waals surface area (Å²) < 4.78 is 7.67. The van der Waals surface area contributed by atoms with Crippen LogP contribution in [-0.4, -0.2) is 29.5 Å². The zero-order chi connectivity index (χ0) is 15.8. The first-order valence-electron chi connectivity index (χ1n) is 6.77. The van der Waals surface area contributed by atoms with Crippen molar-refractivity contribution in [3.63, 3.8) is 0 Å². The molecule has 0 spiro atoms. The first kappa shape index (κ1) is 16.5. The third kappa shape index (κ3) is 2.54. The third-order valence-corrected chi connectivity index (χ3v) is 5.88. The van der Waals surface area contributed by atoms with Crippen LogP contribution in [0.15, 0.2) is 9.27 Å². The van der Waals surface area contributed by atoms with Crippen LogP contribution in [0, 0.1) is 0 Å². The number of amides is 1. The highest BCUT2D eigenvalue weighted by Crippen LogP contribution is 2.39. The Balaban J connectivity index is 2.84. The second-order valence-corrected chi connectivity index (χ2v) is 6.65. The molecule has 1 unspecified atom stereocenters. The van der Waals surface area contributed by atoms with Crippen molar-refractivity contribution >= 4 is 37.8 Å². The minimum absolute atomic E-state index is 0.0886. The van der Waals surface area contributed by atoms with Gasteiger partial charge in [0.2, 0.25) is 5.43 Å². The highest BCUT2D eigenvalue weighted by atomic mass is 79.9. The SMILES string of the molecule is CCNC(=O)c1c(OC)c(=O)c(Br)c2n1C(C)(CBr)CC2. The van der Waals surface area contributed by atoms with Crippen LogP contribution < -0.4 is 15.5 Å². The number of carbonyl (C=O) groups excluding carboxylic acids is 1. The van der Waals surface area contributed by atoms with Crippen LogP contribution in [0.5, 0.6) is 5.75 Å². The smallest absolute Gasteiger partial charge is 0.271 e. The molecule has 0 bridgehead atoms. The molecule has 0 saturated heterocycles. The topological polar surface area (TPSA) is 60.3 Å². The van der Waals surface area contributed by atoms with Gasteiger partial charge in [-0.1, -0.05) is 15.9 Å². The molecule has 1 N–H and O–H groups in total. The monoisotopic (exact) mass is 420 g/mol. The van der Waals surface area contributed by atoms with Crippen LogP contribution in [0.1, 0.15) is 36.5 Å². The van der Waals surface area contributed by atoms with Crippen molar-refractivity contribution in [2.45, 2.75) is 32.2 Å². The number of ether oxygens (including phenoxy) is 1. The maximum atomic E-state index is 12.5. The maximum Gasteiger partial charge on any atom is 0.271 e. The number of hydrogen-bond donors (Lipinski definition) is 1. The van der Waals surface area contributed by atoms with Gasteiger partial charge in [0.25, 0.3) is 5.91 Å². The van der Waals surface area contributed by atoms with Crippen molar-refractivity contribution < 1.29 is 9.53 Å². The van der Waals surface area contributed by atoms with Crippen molar-refractivity contribution in [2.24, 2.45) is 0 Å². The lowest BCUT2D eigenvalue weighted by Gasteiger charge is -2.29. The Labute approximate surface area is 140 Å². The lowest BCUT2D eigenvalue weighted by atomic mass is 10.0. The molecule has 1 aliphatic rings. The van der Waals surface area contributed by atoms with Gasteiger partial charge >= 0.3 is 0 Å². The molecule has 2 rings (SSSR count). The van der Waals surface area contributed by atoms with Gasteiger partial charge < -0.3 is 14.6 Å². The van der Waals surface area contributed by atoms with Gasteiger partial charge in [0, 0.05) is 17.6 Å². The van der Waals surface area contributed by atoms with Gasteiger partial charge in [-0.25, -0.2) is 0 Å². The Morgan fingerprint density at radius 2 is 2.19 bits per heavy atom. The number of rotatable bonds is 4. The summed E-state index contributed by atoms with van der Waals surface area (Å²) in [6, 6.07) is 0. The fourth-order valence-corrected chi connectivity index (χ4v) is 3.84. The number of alkyl halides is 1. The highest BCUT2D eigenvalue weighted by molar-refractivity contribution is 9.10. The summed E-state index contributed by atoms with van der Waals surface area (Å²) in [5.74, 6) is -0.195. The number of methoxy groups -OCH3 is 1.